The van der Waals surface area contributed by atoms with E-state index in [2.05, 4.69) is 0 Å². The number of rotatable bonds is 3. The minimum Gasteiger partial charge on any atom is -0.370 e. The van der Waals surface area contributed by atoms with Crippen LogP contribution in [0, 0.1) is 6.92 Å². The van der Waals surface area contributed by atoms with Crippen molar-refractivity contribution in [2.24, 2.45) is 17.2 Å². The van der Waals surface area contributed by atoms with Gasteiger partial charge in [0.05, 0.1) is 6.54 Å². The van der Waals surface area contributed by atoms with Crippen molar-refractivity contribution in [3.05, 3.63) is 29.8 Å². The second-order valence-electron chi connectivity index (χ2n) is 3.80. The summed E-state index contributed by atoms with van der Waals surface area (Å²) in [6.07, 6.45) is 0. The summed E-state index contributed by atoms with van der Waals surface area (Å²) in [6, 6.07) is 8.11. The lowest BCUT2D eigenvalue weighted by Gasteiger charge is -2.27. The third kappa shape index (κ3) is 3.33. The second-order valence-corrected chi connectivity index (χ2v) is 3.80. The lowest BCUT2D eigenvalue weighted by molar-refractivity contribution is 0.464. The van der Waals surface area contributed by atoms with Crippen molar-refractivity contribution >= 4 is 5.69 Å². The first kappa shape index (κ1) is 11.0. The molecule has 4 nitrogen and oxygen atoms in total. The van der Waals surface area contributed by atoms with E-state index < -0.39 is 5.79 Å². The summed E-state index contributed by atoms with van der Waals surface area (Å²) in [6.45, 7) is 2.46. The Kier molecular flexibility index (Phi) is 3.10. The molecule has 0 amide bonds. The van der Waals surface area contributed by atoms with E-state index in [1.165, 1.54) is 5.56 Å². The maximum absolute atomic E-state index is 5.52. The van der Waals surface area contributed by atoms with E-state index in [0.717, 1.165) is 5.69 Å². The van der Waals surface area contributed by atoms with Crippen LogP contribution in [0.15, 0.2) is 24.3 Å². The monoisotopic (exact) mass is 194 g/mol. The molecule has 0 aliphatic rings. The van der Waals surface area contributed by atoms with Crippen LogP contribution in [-0.2, 0) is 0 Å². The molecule has 0 radical (unpaired) electrons. The highest BCUT2D eigenvalue weighted by Gasteiger charge is 2.14. The summed E-state index contributed by atoms with van der Waals surface area (Å²) in [5.41, 5.74) is 18.8. The quantitative estimate of drug-likeness (QED) is 0.590. The van der Waals surface area contributed by atoms with Crippen molar-refractivity contribution in [3.8, 4) is 0 Å². The Balaban J connectivity index is 2.70. The zero-order chi connectivity index (χ0) is 10.8. The van der Waals surface area contributed by atoms with Crippen molar-refractivity contribution in [1.29, 1.82) is 0 Å². The Morgan fingerprint density at radius 2 is 1.64 bits per heavy atom. The van der Waals surface area contributed by atoms with Gasteiger partial charge in [0.2, 0.25) is 0 Å². The lowest BCUT2D eigenvalue weighted by atomic mass is 10.2. The number of nitrogens with zero attached hydrogens (tertiary/aromatic N) is 1. The third-order valence-electron chi connectivity index (χ3n) is 1.99. The SMILES string of the molecule is Cc1ccc(N(C)CC(N)(N)N)cc1. The summed E-state index contributed by atoms with van der Waals surface area (Å²) in [4.78, 5) is 1.93. The first-order valence-corrected chi connectivity index (χ1v) is 4.53. The van der Waals surface area contributed by atoms with Gasteiger partial charge in [-0.15, -0.1) is 0 Å². The van der Waals surface area contributed by atoms with Crippen molar-refractivity contribution in [2.75, 3.05) is 18.5 Å². The van der Waals surface area contributed by atoms with E-state index in [0.29, 0.717) is 6.54 Å². The van der Waals surface area contributed by atoms with Gasteiger partial charge in [0.1, 0.15) is 5.79 Å². The summed E-state index contributed by atoms with van der Waals surface area (Å²) in [5, 5.41) is 0. The van der Waals surface area contributed by atoms with Gasteiger partial charge in [0, 0.05) is 12.7 Å². The summed E-state index contributed by atoms with van der Waals surface area (Å²) in [5.74, 6) is -1.15. The molecule has 0 saturated heterocycles. The number of hydrogen-bond donors (Lipinski definition) is 3. The maximum atomic E-state index is 5.52. The zero-order valence-corrected chi connectivity index (χ0v) is 8.70. The Morgan fingerprint density at radius 3 is 2.07 bits per heavy atom. The number of hydrogen-bond acceptors (Lipinski definition) is 4. The van der Waals surface area contributed by atoms with Crippen molar-refractivity contribution in [3.63, 3.8) is 0 Å². The largest absolute Gasteiger partial charge is 0.370 e. The molecular formula is C10H18N4. The van der Waals surface area contributed by atoms with Crippen LogP contribution in [0.3, 0.4) is 0 Å². The van der Waals surface area contributed by atoms with Crippen LogP contribution in [0.2, 0.25) is 0 Å². The molecule has 4 heteroatoms. The van der Waals surface area contributed by atoms with Gasteiger partial charge in [0.15, 0.2) is 0 Å². The molecule has 0 aliphatic heterocycles. The fourth-order valence-electron chi connectivity index (χ4n) is 1.30. The molecule has 6 N–H and O–H groups in total. The molecule has 0 fully saturated rings. The van der Waals surface area contributed by atoms with Crippen LogP contribution in [0.25, 0.3) is 0 Å². The lowest BCUT2D eigenvalue weighted by Crippen LogP contribution is -2.64. The van der Waals surface area contributed by atoms with E-state index in [1.54, 1.807) is 0 Å². The summed E-state index contributed by atoms with van der Waals surface area (Å²) in [7, 11) is 1.91. The third-order valence-corrected chi connectivity index (χ3v) is 1.99. The van der Waals surface area contributed by atoms with E-state index in [-0.39, 0.29) is 0 Å². The topological polar surface area (TPSA) is 81.3 Å². The van der Waals surface area contributed by atoms with Crippen molar-refractivity contribution in [2.45, 2.75) is 12.7 Å². The summed E-state index contributed by atoms with van der Waals surface area (Å²) >= 11 is 0. The van der Waals surface area contributed by atoms with E-state index in [9.17, 15) is 0 Å². The number of anilines is 1. The Bertz CT molecular complexity index is 286. The fraction of sp³-hybridized carbons (Fsp3) is 0.400. The highest BCUT2D eigenvalue weighted by Crippen LogP contribution is 2.13. The van der Waals surface area contributed by atoms with Gasteiger partial charge < -0.3 is 4.90 Å². The van der Waals surface area contributed by atoms with E-state index in [4.69, 9.17) is 17.2 Å². The predicted molar refractivity (Wildman–Crippen MR) is 59.7 cm³/mol. The van der Waals surface area contributed by atoms with Crippen molar-refractivity contribution < 1.29 is 0 Å². The highest BCUT2D eigenvalue weighted by molar-refractivity contribution is 5.46. The van der Waals surface area contributed by atoms with Crippen LogP contribution in [0.1, 0.15) is 5.56 Å². The molecule has 78 valence electrons. The molecule has 0 unspecified atom stereocenters. The molecule has 0 aliphatic carbocycles. The predicted octanol–water partition coefficient (Wildman–Crippen LogP) is -0.0389. The maximum Gasteiger partial charge on any atom is 0.134 e. The molecule has 1 aromatic rings. The van der Waals surface area contributed by atoms with Crippen LogP contribution in [0.4, 0.5) is 5.69 Å². The first-order chi connectivity index (χ1) is 6.38. The smallest absolute Gasteiger partial charge is 0.134 e. The van der Waals surface area contributed by atoms with Gasteiger partial charge in [-0.25, -0.2) is 0 Å². The minimum atomic E-state index is -1.15. The Hall–Kier alpha value is -1.10. The van der Waals surface area contributed by atoms with Crippen LogP contribution in [-0.4, -0.2) is 19.4 Å². The molecule has 0 atom stereocenters. The van der Waals surface area contributed by atoms with Crippen LogP contribution in [0.5, 0.6) is 0 Å². The van der Waals surface area contributed by atoms with Crippen molar-refractivity contribution in [1.82, 2.24) is 0 Å². The second kappa shape index (κ2) is 3.96. The van der Waals surface area contributed by atoms with Gasteiger partial charge in [-0.2, -0.15) is 0 Å². The Morgan fingerprint density at radius 1 is 1.14 bits per heavy atom. The molecule has 0 spiro atoms. The minimum absolute atomic E-state index is 0.413. The highest BCUT2D eigenvalue weighted by atomic mass is 15.2. The molecular weight excluding hydrogens is 176 g/mol. The number of likely N-dealkylation sites (N-methyl/N-ethyl adjacent to an activating group) is 1. The zero-order valence-electron chi connectivity index (χ0n) is 8.70. The van der Waals surface area contributed by atoms with Gasteiger partial charge in [-0.1, -0.05) is 17.7 Å². The standard InChI is InChI=1S/C10H18N4/c1-8-3-5-9(6-4-8)14(2)7-10(11,12)13/h3-6H,7,11-13H2,1-2H3. The number of aryl methyl sites for hydroxylation is 1. The van der Waals surface area contributed by atoms with Crippen LogP contribution < -0.4 is 22.1 Å². The van der Waals surface area contributed by atoms with Gasteiger partial charge in [0.25, 0.3) is 0 Å². The van der Waals surface area contributed by atoms with Gasteiger partial charge >= 0.3 is 0 Å². The van der Waals surface area contributed by atoms with Gasteiger partial charge in [-0.3, -0.25) is 17.2 Å². The number of nitrogens with two attached hydrogens (primary N) is 3. The normalized spacial score (nSPS) is 11.5. The van der Waals surface area contributed by atoms with E-state index >= 15 is 0 Å². The van der Waals surface area contributed by atoms with Crippen LogP contribution >= 0.6 is 0 Å². The molecule has 0 bridgehead atoms. The first-order valence-electron chi connectivity index (χ1n) is 4.53. The molecule has 14 heavy (non-hydrogen) atoms. The molecule has 1 aromatic carbocycles. The average Bonchev–Trinajstić information content (AvgIpc) is 2.02. The fourth-order valence-corrected chi connectivity index (χ4v) is 1.30. The molecule has 0 saturated carbocycles. The summed E-state index contributed by atoms with van der Waals surface area (Å²) < 4.78 is 0. The average molecular weight is 194 g/mol. The number of benzene rings is 1. The molecule has 0 heterocycles. The molecule has 1 rings (SSSR count). The van der Waals surface area contributed by atoms with E-state index in [1.807, 2.05) is 43.1 Å². The molecule has 0 aromatic heterocycles. The Labute approximate surface area is 84.7 Å². The van der Waals surface area contributed by atoms with Gasteiger partial charge in [-0.05, 0) is 19.1 Å².